The Bertz CT molecular complexity index is 327. The molecular weight excluding hydrogens is 358 g/mol. The maximum Gasteiger partial charge on any atom is 0.366 e. The maximum absolute atomic E-state index is 12.8. The summed E-state index contributed by atoms with van der Waals surface area (Å²) in [6.07, 6.45) is 0.228. The minimum absolute atomic E-state index is 0.0759. The fourth-order valence-electron chi connectivity index (χ4n) is 1.67. The molecule has 0 aromatic rings. The molecule has 0 heterocycles. The lowest BCUT2D eigenvalue weighted by Gasteiger charge is -2.35. The Morgan fingerprint density at radius 1 is 1.14 bits per heavy atom. The minimum atomic E-state index is -4.04. The summed E-state index contributed by atoms with van der Waals surface area (Å²) < 4.78 is 38.5. The van der Waals surface area contributed by atoms with Gasteiger partial charge in [0.25, 0.3) is 0 Å². The molecule has 10 heteroatoms. The van der Waals surface area contributed by atoms with Crippen molar-refractivity contribution in [3.05, 3.63) is 0 Å². The molecule has 0 spiro atoms. The van der Waals surface area contributed by atoms with Crippen LogP contribution in [-0.2, 0) is 28.0 Å². The van der Waals surface area contributed by atoms with Crippen LogP contribution in [0.2, 0.25) is 0 Å². The summed E-state index contributed by atoms with van der Waals surface area (Å²) in [7, 11) is -4.04. The number of hydrogen-bond donors (Lipinski definition) is 1. The van der Waals surface area contributed by atoms with E-state index in [1.165, 1.54) is 0 Å². The van der Waals surface area contributed by atoms with Crippen molar-refractivity contribution in [3.63, 3.8) is 0 Å². The second kappa shape index (κ2) is 12.0. The number of hydrogen-bond acceptors (Lipinski definition) is 7. The fourth-order valence-corrected chi connectivity index (χ4v) is 4.22. The summed E-state index contributed by atoms with van der Waals surface area (Å²) in [6.45, 7) is 5.85. The summed E-state index contributed by atoms with van der Waals surface area (Å²) in [5, 5.41) is 9.10. The van der Waals surface area contributed by atoms with Crippen LogP contribution in [0.3, 0.4) is 0 Å². The highest BCUT2D eigenvalue weighted by atomic mass is 35.5. The second-order valence-corrected chi connectivity index (χ2v) is 7.03. The second-order valence-electron chi connectivity index (χ2n) is 4.18. The molecule has 0 saturated carbocycles. The molecule has 2 unspecified atom stereocenters. The van der Waals surface area contributed by atoms with Gasteiger partial charge in [-0.25, -0.2) is 9.78 Å². The van der Waals surface area contributed by atoms with E-state index in [1.807, 2.05) is 0 Å². The quantitative estimate of drug-likeness (QED) is 0.161. The molecule has 0 radical (unpaired) electrons. The van der Waals surface area contributed by atoms with E-state index >= 15 is 0 Å². The molecule has 0 aliphatic heterocycles. The molecule has 0 fully saturated rings. The number of halogens is 2. The molecule has 0 rings (SSSR count). The van der Waals surface area contributed by atoms with Crippen molar-refractivity contribution in [2.45, 2.75) is 38.8 Å². The maximum atomic E-state index is 12.8. The van der Waals surface area contributed by atoms with Crippen molar-refractivity contribution in [2.75, 3.05) is 38.2 Å². The topological polar surface area (TPSA) is 83.5 Å². The summed E-state index contributed by atoms with van der Waals surface area (Å²) in [5.41, 5.74) is -0.807. The first-order valence-electron chi connectivity index (χ1n) is 7.08. The molecule has 134 valence electrons. The van der Waals surface area contributed by atoms with Gasteiger partial charge in [0.15, 0.2) is 0 Å². The van der Waals surface area contributed by atoms with Gasteiger partial charge in [0.2, 0.25) is 0 Å². The van der Waals surface area contributed by atoms with E-state index in [9.17, 15) is 4.57 Å². The molecule has 2 atom stereocenters. The van der Waals surface area contributed by atoms with Crippen molar-refractivity contribution in [1.82, 2.24) is 0 Å². The van der Waals surface area contributed by atoms with Gasteiger partial charge in [-0.2, -0.15) is 4.67 Å². The van der Waals surface area contributed by atoms with Crippen LogP contribution in [0.15, 0.2) is 0 Å². The summed E-state index contributed by atoms with van der Waals surface area (Å²) in [5.74, 6) is -1.66. The number of rotatable bonds is 14. The molecule has 0 aromatic carbocycles. The van der Waals surface area contributed by atoms with Gasteiger partial charge in [0, 0.05) is 31.6 Å². The third kappa shape index (κ3) is 6.99. The third-order valence-electron chi connectivity index (χ3n) is 2.66. The molecule has 0 aliphatic rings. The van der Waals surface area contributed by atoms with Crippen LogP contribution in [0, 0.1) is 0 Å². The lowest BCUT2D eigenvalue weighted by atomic mass is 10.4. The number of alkyl halides is 2. The zero-order chi connectivity index (χ0) is 17.1. The molecule has 0 amide bonds. The Morgan fingerprint density at radius 3 is 2.09 bits per heavy atom. The molecule has 0 aliphatic carbocycles. The van der Waals surface area contributed by atoms with Crippen LogP contribution in [0.25, 0.3) is 0 Å². The Hall–Kier alpha value is 0.570. The molecule has 7 nitrogen and oxygen atoms in total. The van der Waals surface area contributed by atoms with Gasteiger partial charge in [0.1, 0.15) is 6.61 Å². The van der Waals surface area contributed by atoms with E-state index in [2.05, 4.69) is 4.67 Å². The molecule has 0 saturated heterocycles. The predicted octanol–water partition coefficient (Wildman–Crippen LogP) is 3.69. The van der Waals surface area contributed by atoms with Gasteiger partial charge in [-0.15, -0.1) is 23.2 Å². The predicted molar refractivity (Wildman–Crippen MR) is 84.7 cm³/mol. The van der Waals surface area contributed by atoms with Crippen LogP contribution in [0.5, 0.6) is 0 Å². The first-order valence-corrected chi connectivity index (χ1v) is 9.76. The number of ether oxygens (including phenoxy) is 3. The lowest BCUT2D eigenvalue weighted by Crippen LogP contribution is -2.44. The van der Waals surface area contributed by atoms with Gasteiger partial charge in [-0.1, -0.05) is 0 Å². The van der Waals surface area contributed by atoms with Gasteiger partial charge in [-0.3, -0.25) is 4.57 Å². The van der Waals surface area contributed by atoms with Crippen LogP contribution >= 0.6 is 30.8 Å². The SMILES string of the molecule is CCOCC(OCC)(OCC)OP(=O)(OO)C(CCl)CCCl. The Morgan fingerprint density at radius 2 is 1.73 bits per heavy atom. The standard InChI is InChI=1S/C12H25Cl2O7P/c1-4-17-10-12(18-5-2,19-6-3)20-22(16,21-15)11(9-14)7-8-13/h11,15H,4-10H2,1-3H3. The van der Waals surface area contributed by atoms with E-state index in [-0.39, 0.29) is 38.0 Å². The van der Waals surface area contributed by atoms with E-state index in [1.54, 1.807) is 20.8 Å². The van der Waals surface area contributed by atoms with Crippen LogP contribution < -0.4 is 0 Å². The normalized spacial score (nSPS) is 16.5. The van der Waals surface area contributed by atoms with E-state index in [0.717, 1.165) is 0 Å². The van der Waals surface area contributed by atoms with Crippen molar-refractivity contribution in [1.29, 1.82) is 0 Å². The Kier molecular flexibility index (Phi) is 12.3. The highest BCUT2D eigenvalue weighted by molar-refractivity contribution is 7.54. The average Bonchev–Trinajstić information content (AvgIpc) is 2.51. The van der Waals surface area contributed by atoms with Gasteiger partial charge >= 0.3 is 13.6 Å². The van der Waals surface area contributed by atoms with E-state index in [0.29, 0.717) is 6.61 Å². The third-order valence-corrected chi connectivity index (χ3v) is 5.56. The Balaban J connectivity index is 5.37. The van der Waals surface area contributed by atoms with Crippen molar-refractivity contribution in [3.8, 4) is 0 Å². The summed E-state index contributed by atoms with van der Waals surface area (Å²) in [6, 6.07) is 0. The summed E-state index contributed by atoms with van der Waals surface area (Å²) in [4.78, 5) is 0. The van der Waals surface area contributed by atoms with Gasteiger partial charge in [-0.05, 0) is 27.2 Å². The largest absolute Gasteiger partial charge is 0.373 e. The first kappa shape index (κ1) is 22.6. The van der Waals surface area contributed by atoms with Crippen molar-refractivity contribution < 1.29 is 33.2 Å². The van der Waals surface area contributed by atoms with E-state index < -0.39 is 19.2 Å². The molecule has 0 bridgehead atoms. The van der Waals surface area contributed by atoms with E-state index in [4.69, 9.17) is 47.2 Å². The highest BCUT2D eigenvalue weighted by Gasteiger charge is 2.47. The zero-order valence-electron chi connectivity index (χ0n) is 13.1. The van der Waals surface area contributed by atoms with Crippen LogP contribution in [0.4, 0.5) is 0 Å². The molecule has 0 aromatic heterocycles. The van der Waals surface area contributed by atoms with Gasteiger partial charge in [0.05, 0.1) is 5.66 Å². The summed E-state index contributed by atoms with van der Waals surface area (Å²) >= 11 is 11.4. The highest BCUT2D eigenvalue weighted by Crippen LogP contribution is 2.57. The fraction of sp³-hybridized carbons (Fsp3) is 1.00. The molecular formula is C12H25Cl2O7P. The Labute approximate surface area is 141 Å². The average molecular weight is 383 g/mol. The van der Waals surface area contributed by atoms with Crippen molar-refractivity contribution in [2.24, 2.45) is 0 Å². The van der Waals surface area contributed by atoms with Gasteiger partial charge < -0.3 is 14.2 Å². The van der Waals surface area contributed by atoms with Crippen LogP contribution in [0.1, 0.15) is 27.2 Å². The zero-order valence-corrected chi connectivity index (χ0v) is 15.5. The monoisotopic (exact) mass is 382 g/mol. The smallest absolute Gasteiger partial charge is 0.366 e. The first-order chi connectivity index (χ1) is 10.5. The molecule has 22 heavy (non-hydrogen) atoms. The van der Waals surface area contributed by atoms with Crippen molar-refractivity contribution >= 4 is 30.8 Å². The molecule has 1 N–H and O–H groups in total. The van der Waals surface area contributed by atoms with Crippen LogP contribution in [-0.4, -0.2) is 55.1 Å². The minimum Gasteiger partial charge on any atom is -0.373 e. The lowest BCUT2D eigenvalue weighted by molar-refractivity contribution is -0.364.